The molecule has 0 spiro atoms. The number of hydrogen-bond acceptors (Lipinski definition) is 4. The second-order valence-electron chi connectivity index (χ2n) is 6.38. The van der Waals surface area contributed by atoms with Crippen molar-refractivity contribution < 1.29 is 4.79 Å². The number of likely N-dealkylation sites (tertiary alicyclic amines) is 1. The number of hydrogen-bond donors (Lipinski definition) is 1. The Kier molecular flexibility index (Phi) is 4.09. The lowest BCUT2D eigenvalue weighted by atomic mass is 9.94. The fourth-order valence-corrected chi connectivity index (χ4v) is 3.49. The number of nitrogens with zero attached hydrogens (tertiary/aromatic N) is 4. The summed E-state index contributed by atoms with van der Waals surface area (Å²) in [7, 11) is 1.87. The van der Waals surface area contributed by atoms with Crippen LogP contribution >= 0.6 is 0 Å². The molecular weight excluding hydrogens is 314 g/mol. The van der Waals surface area contributed by atoms with E-state index in [0.717, 1.165) is 42.0 Å². The zero-order chi connectivity index (χ0) is 17.2. The molecule has 1 fully saturated rings. The smallest absolute Gasteiger partial charge is 0.253 e. The van der Waals surface area contributed by atoms with E-state index in [1.165, 1.54) is 0 Å². The second kappa shape index (κ2) is 6.55. The van der Waals surface area contributed by atoms with Gasteiger partial charge in [-0.3, -0.25) is 4.79 Å². The van der Waals surface area contributed by atoms with Gasteiger partial charge in [0.05, 0.1) is 18.1 Å². The van der Waals surface area contributed by atoms with Crippen LogP contribution in [0.3, 0.4) is 0 Å². The first-order valence-corrected chi connectivity index (χ1v) is 8.62. The van der Waals surface area contributed by atoms with Gasteiger partial charge in [0.2, 0.25) is 0 Å². The minimum atomic E-state index is 0.0966. The third-order valence-electron chi connectivity index (χ3n) is 4.79. The molecule has 0 saturated carbocycles. The van der Waals surface area contributed by atoms with Crippen molar-refractivity contribution in [2.45, 2.75) is 18.8 Å². The highest BCUT2D eigenvalue weighted by Crippen LogP contribution is 2.28. The van der Waals surface area contributed by atoms with E-state index >= 15 is 0 Å². The molecule has 0 bridgehead atoms. The number of carbonyl (C=O) groups excluding carboxylic acids is 1. The molecule has 1 aliphatic heterocycles. The highest BCUT2D eigenvalue weighted by molar-refractivity contribution is 5.94. The van der Waals surface area contributed by atoms with Crippen molar-refractivity contribution in [3.63, 3.8) is 0 Å². The third-order valence-corrected chi connectivity index (χ3v) is 4.79. The Hall–Kier alpha value is -2.89. The van der Waals surface area contributed by atoms with Crippen LogP contribution in [0.5, 0.6) is 0 Å². The highest BCUT2D eigenvalue weighted by Gasteiger charge is 2.27. The predicted molar refractivity (Wildman–Crippen MR) is 96.9 cm³/mol. The monoisotopic (exact) mass is 335 g/mol. The average Bonchev–Trinajstić information content (AvgIpc) is 3.16. The molecular formula is C19H21N5O. The summed E-state index contributed by atoms with van der Waals surface area (Å²) in [4.78, 5) is 19.5. The topological polar surface area (TPSA) is 62.5 Å². The minimum absolute atomic E-state index is 0.0966. The molecule has 1 unspecified atom stereocenters. The Bertz CT molecular complexity index is 889. The van der Waals surface area contributed by atoms with E-state index in [1.54, 1.807) is 6.20 Å². The summed E-state index contributed by atoms with van der Waals surface area (Å²) in [6.07, 6.45) is 5.77. The molecule has 25 heavy (non-hydrogen) atoms. The van der Waals surface area contributed by atoms with Crippen LogP contribution in [0.25, 0.3) is 5.52 Å². The number of anilines is 1. The number of aromatic nitrogens is 3. The van der Waals surface area contributed by atoms with Gasteiger partial charge >= 0.3 is 0 Å². The van der Waals surface area contributed by atoms with E-state index in [-0.39, 0.29) is 11.8 Å². The first-order valence-electron chi connectivity index (χ1n) is 8.62. The standard InChI is InChI=1S/C19H21N5O/c1-20-18-17-9-10-21-24(17)13-16(22-18)15-8-5-11-23(12-15)19(25)14-6-3-2-4-7-14/h2-4,6-7,9-10,13,15H,5,8,11-12H2,1H3,(H,20,22). The fourth-order valence-electron chi connectivity index (χ4n) is 3.49. The van der Waals surface area contributed by atoms with Crippen molar-refractivity contribution >= 4 is 17.2 Å². The van der Waals surface area contributed by atoms with E-state index in [4.69, 9.17) is 4.98 Å². The maximum absolute atomic E-state index is 12.7. The average molecular weight is 335 g/mol. The van der Waals surface area contributed by atoms with Gasteiger partial charge in [0.15, 0.2) is 5.82 Å². The number of carbonyl (C=O) groups is 1. The molecule has 1 saturated heterocycles. The van der Waals surface area contributed by atoms with Crippen LogP contribution in [0.2, 0.25) is 0 Å². The number of benzene rings is 1. The van der Waals surface area contributed by atoms with Crippen molar-refractivity contribution in [3.8, 4) is 0 Å². The molecule has 0 radical (unpaired) electrons. The molecule has 6 heteroatoms. The molecule has 1 N–H and O–H groups in total. The van der Waals surface area contributed by atoms with E-state index in [1.807, 2.05) is 59.1 Å². The summed E-state index contributed by atoms with van der Waals surface area (Å²) in [6.45, 7) is 1.49. The predicted octanol–water partition coefficient (Wildman–Crippen LogP) is 2.79. The zero-order valence-corrected chi connectivity index (χ0v) is 14.2. The van der Waals surface area contributed by atoms with Gasteiger partial charge in [0, 0.05) is 31.6 Å². The Morgan fingerprint density at radius 1 is 1.24 bits per heavy atom. The Morgan fingerprint density at radius 3 is 2.88 bits per heavy atom. The van der Waals surface area contributed by atoms with Gasteiger partial charge in [-0.05, 0) is 31.0 Å². The van der Waals surface area contributed by atoms with Crippen LogP contribution in [0.15, 0.2) is 48.8 Å². The van der Waals surface area contributed by atoms with Gasteiger partial charge in [0.1, 0.15) is 5.52 Å². The van der Waals surface area contributed by atoms with Gasteiger partial charge in [-0.1, -0.05) is 18.2 Å². The fraction of sp³-hybridized carbons (Fsp3) is 0.316. The SMILES string of the molecule is CNc1nc(C2CCCN(C(=O)c3ccccc3)C2)cn2nccc12. The van der Waals surface area contributed by atoms with Crippen molar-refractivity contribution in [2.75, 3.05) is 25.5 Å². The maximum Gasteiger partial charge on any atom is 0.253 e. The van der Waals surface area contributed by atoms with Crippen LogP contribution in [0, 0.1) is 0 Å². The highest BCUT2D eigenvalue weighted by atomic mass is 16.2. The van der Waals surface area contributed by atoms with Gasteiger partial charge in [-0.2, -0.15) is 5.10 Å². The van der Waals surface area contributed by atoms with Crippen LogP contribution in [-0.2, 0) is 0 Å². The molecule has 3 heterocycles. The molecule has 128 valence electrons. The van der Waals surface area contributed by atoms with E-state index in [2.05, 4.69) is 10.4 Å². The molecule has 1 aliphatic rings. The molecule has 1 amide bonds. The van der Waals surface area contributed by atoms with Crippen molar-refractivity contribution in [3.05, 3.63) is 60.0 Å². The maximum atomic E-state index is 12.7. The Labute approximate surface area is 146 Å². The van der Waals surface area contributed by atoms with Gasteiger partial charge < -0.3 is 10.2 Å². The molecule has 4 rings (SSSR count). The Morgan fingerprint density at radius 2 is 2.08 bits per heavy atom. The van der Waals surface area contributed by atoms with Crippen LogP contribution in [0.1, 0.15) is 34.8 Å². The lowest BCUT2D eigenvalue weighted by Gasteiger charge is -2.32. The van der Waals surface area contributed by atoms with E-state index in [9.17, 15) is 4.79 Å². The third kappa shape index (κ3) is 2.95. The summed E-state index contributed by atoms with van der Waals surface area (Å²) in [5.41, 5.74) is 2.68. The first-order chi connectivity index (χ1) is 12.3. The van der Waals surface area contributed by atoms with E-state index in [0.29, 0.717) is 6.54 Å². The number of amides is 1. The van der Waals surface area contributed by atoms with Gasteiger partial charge in [-0.15, -0.1) is 0 Å². The molecule has 0 aliphatic carbocycles. The zero-order valence-electron chi connectivity index (χ0n) is 14.2. The number of rotatable bonds is 3. The molecule has 3 aromatic rings. The first kappa shape index (κ1) is 15.6. The van der Waals surface area contributed by atoms with Crippen LogP contribution < -0.4 is 5.32 Å². The normalized spacial score (nSPS) is 17.6. The Balaban J connectivity index is 1.60. The summed E-state index contributed by atoms with van der Waals surface area (Å²) in [5.74, 6) is 1.14. The lowest BCUT2D eigenvalue weighted by molar-refractivity contribution is 0.0706. The van der Waals surface area contributed by atoms with Crippen molar-refractivity contribution in [1.82, 2.24) is 19.5 Å². The van der Waals surface area contributed by atoms with Crippen molar-refractivity contribution in [1.29, 1.82) is 0 Å². The van der Waals surface area contributed by atoms with E-state index < -0.39 is 0 Å². The lowest BCUT2D eigenvalue weighted by Crippen LogP contribution is -2.39. The van der Waals surface area contributed by atoms with Gasteiger partial charge in [0.25, 0.3) is 5.91 Å². The number of piperidine rings is 1. The summed E-state index contributed by atoms with van der Waals surface area (Å²) in [5, 5.41) is 7.48. The van der Waals surface area contributed by atoms with Gasteiger partial charge in [-0.25, -0.2) is 9.50 Å². The largest absolute Gasteiger partial charge is 0.371 e. The summed E-state index contributed by atoms with van der Waals surface area (Å²) < 4.78 is 1.85. The number of nitrogens with one attached hydrogen (secondary N) is 1. The number of fused-ring (bicyclic) bond motifs is 1. The minimum Gasteiger partial charge on any atom is -0.371 e. The van der Waals surface area contributed by atoms with Crippen LogP contribution in [0.4, 0.5) is 5.82 Å². The summed E-state index contributed by atoms with van der Waals surface area (Å²) >= 11 is 0. The molecule has 1 atom stereocenters. The van der Waals surface area contributed by atoms with Crippen molar-refractivity contribution in [2.24, 2.45) is 0 Å². The van der Waals surface area contributed by atoms with Crippen LogP contribution in [-0.4, -0.2) is 45.5 Å². The summed E-state index contributed by atoms with van der Waals surface area (Å²) in [6, 6.07) is 11.4. The molecule has 2 aromatic heterocycles. The molecule has 6 nitrogen and oxygen atoms in total. The second-order valence-corrected chi connectivity index (χ2v) is 6.38. The molecule has 1 aromatic carbocycles. The quantitative estimate of drug-likeness (QED) is 0.799.